The first-order chi connectivity index (χ1) is 12.9. The van der Waals surface area contributed by atoms with E-state index in [1.807, 2.05) is 0 Å². The first kappa shape index (κ1) is 19.0. The SMILES string of the molecule is COC(=O)c1c(NC(=O)c2cccc([N+](=O)[O-])c2C)sc2c1CCCCC2. The van der Waals surface area contributed by atoms with E-state index in [1.54, 1.807) is 0 Å². The lowest BCUT2D eigenvalue weighted by Crippen LogP contribution is -2.16. The average Bonchev–Trinajstić information content (AvgIpc) is 2.81. The van der Waals surface area contributed by atoms with Crippen molar-refractivity contribution in [1.82, 2.24) is 0 Å². The zero-order valence-corrected chi connectivity index (χ0v) is 16.0. The molecule has 3 rings (SSSR count). The van der Waals surface area contributed by atoms with Crippen molar-refractivity contribution in [3.63, 3.8) is 0 Å². The molecular formula is C19H20N2O5S. The molecule has 1 N–H and O–H groups in total. The normalized spacial score (nSPS) is 13.4. The summed E-state index contributed by atoms with van der Waals surface area (Å²) in [5.74, 6) is -0.946. The van der Waals surface area contributed by atoms with Gasteiger partial charge >= 0.3 is 5.97 Å². The zero-order valence-electron chi connectivity index (χ0n) is 15.2. The maximum atomic E-state index is 12.8. The molecule has 8 heteroatoms. The number of nitrogens with zero attached hydrogens (tertiary/aromatic N) is 1. The molecule has 0 atom stereocenters. The number of esters is 1. The summed E-state index contributed by atoms with van der Waals surface area (Å²) in [6.45, 7) is 1.54. The van der Waals surface area contributed by atoms with Crippen molar-refractivity contribution in [2.45, 2.75) is 39.0 Å². The number of anilines is 1. The van der Waals surface area contributed by atoms with Crippen LogP contribution in [0.2, 0.25) is 0 Å². The highest BCUT2D eigenvalue weighted by Crippen LogP contribution is 2.38. The second kappa shape index (κ2) is 7.87. The highest BCUT2D eigenvalue weighted by atomic mass is 32.1. The fraction of sp³-hybridized carbons (Fsp3) is 0.368. The summed E-state index contributed by atoms with van der Waals surface area (Å²) in [6.07, 6.45) is 4.80. The quantitative estimate of drug-likeness (QED) is 0.365. The first-order valence-electron chi connectivity index (χ1n) is 8.72. The number of carbonyl (C=O) groups excluding carboxylic acids is 2. The second-order valence-electron chi connectivity index (χ2n) is 6.42. The molecule has 1 aliphatic rings. The van der Waals surface area contributed by atoms with E-state index in [9.17, 15) is 19.7 Å². The van der Waals surface area contributed by atoms with Crippen LogP contribution in [-0.2, 0) is 17.6 Å². The van der Waals surface area contributed by atoms with Crippen LogP contribution in [-0.4, -0.2) is 23.9 Å². The van der Waals surface area contributed by atoms with Gasteiger partial charge in [0.25, 0.3) is 11.6 Å². The van der Waals surface area contributed by atoms with Gasteiger partial charge in [-0.1, -0.05) is 12.5 Å². The minimum absolute atomic E-state index is 0.113. The van der Waals surface area contributed by atoms with Gasteiger partial charge in [0.15, 0.2) is 0 Å². The number of fused-ring (bicyclic) bond motifs is 1. The predicted molar refractivity (Wildman–Crippen MR) is 103 cm³/mol. The van der Waals surface area contributed by atoms with Crippen LogP contribution in [0, 0.1) is 17.0 Å². The summed E-state index contributed by atoms with van der Waals surface area (Å²) in [5.41, 5.74) is 1.75. The van der Waals surface area contributed by atoms with E-state index < -0.39 is 16.8 Å². The van der Waals surface area contributed by atoms with E-state index >= 15 is 0 Å². The topological polar surface area (TPSA) is 98.5 Å². The molecule has 1 heterocycles. The van der Waals surface area contributed by atoms with Gasteiger partial charge in [-0.15, -0.1) is 11.3 Å². The fourth-order valence-corrected chi connectivity index (χ4v) is 4.66. The molecule has 1 aliphatic carbocycles. The van der Waals surface area contributed by atoms with Gasteiger partial charge in [0.05, 0.1) is 17.6 Å². The maximum absolute atomic E-state index is 12.8. The summed E-state index contributed by atoms with van der Waals surface area (Å²) >= 11 is 1.39. The number of aryl methyl sites for hydroxylation is 1. The molecule has 0 bridgehead atoms. The van der Waals surface area contributed by atoms with Gasteiger partial charge in [-0.3, -0.25) is 14.9 Å². The average molecular weight is 388 g/mol. The maximum Gasteiger partial charge on any atom is 0.341 e. The summed E-state index contributed by atoms with van der Waals surface area (Å²) in [4.78, 5) is 36.8. The van der Waals surface area contributed by atoms with Crippen LogP contribution in [0.15, 0.2) is 18.2 Å². The molecule has 1 amide bonds. The lowest BCUT2D eigenvalue weighted by molar-refractivity contribution is -0.385. The van der Waals surface area contributed by atoms with Crippen molar-refractivity contribution in [3.05, 3.63) is 55.4 Å². The number of rotatable bonds is 4. The molecule has 2 aromatic rings. The van der Waals surface area contributed by atoms with Crippen molar-refractivity contribution in [1.29, 1.82) is 0 Å². The van der Waals surface area contributed by atoms with Crippen molar-refractivity contribution in [2.75, 3.05) is 12.4 Å². The van der Waals surface area contributed by atoms with Crippen molar-refractivity contribution < 1.29 is 19.2 Å². The minimum Gasteiger partial charge on any atom is -0.465 e. The van der Waals surface area contributed by atoms with E-state index in [0.717, 1.165) is 42.5 Å². The van der Waals surface area contributed by atoms with Crippen molar-refractivity contribution >= 4 is 33.9 Å². The van der Waals surface area contributed by atoms with Gasteiger partial charge in [-0.05, 0) is 44.2 Å². The summed E-state index contributed by atoms with van der Waals surface area (Å²) in [6, 6.07) is 4.37. The van der Waals surface area contributed by atoms with Crippen LogP contribution in [0.1, 0.15) is 56.0 Å². The van der Waals surface area contributed by atoms with Crippen LogP contribution in [0.5, 0.6) is 0 Å². The highest BCUT2D eigenvalue weighted by molar-refractivity contribution is 7.17. The number of carbonyl (C=O) groups is 2. The lowest BCUT2D eigenvalue weighted by atomic mass is 10.0. The lowest BCUT2D eigenvalue weighted by Gasteiger charge is -2.09. The van der Waals surface area contributed by atoms with E-state index in [0.29, 0.717) is 10.6 Å². The Bertz CT molecular complexity index is 919. The summed E-state index contributed by atoms with van der Waals surface area (Å²) < 4.78 is 4.93. The number of thiophene rings is 1. The molecule has 27 heavy (non-hydrogen) atoms. The van der Waals surface area contributed by atoms with Crippen LogP contribution in [0.4, 0.5) is 10.7 Å². The molecule has 7 nitrogen and oxygen atoms in total. The standard InChI is InChI=1S/C19H20N2O5S/c1-11-12(8-6-9-14(11)21(24)25)17(22)20-18-16(19(23)26-2)13-7-4-3-5-10-15(13)27-18/h6,8-9H,3-5,7,10H2,1-2H3,(H,20,22). The molecular weight excluding hydrogens is 368 g/mol. The smallest absolute Gasteiger partial charge is 0.341 e. The number of benzene rings is 1. The summed E-state index contributed by atoms with van der Waals surface area (Å²) in [7, 11) is 1.32. The van der Waals surface area contributed by atoms with Crippen molar-refractivity contribution in [2.24, 2.45) is 0 Å². The van der Waals surface area contributed by atoms with E-state index in [1.165, 1.54) is 43.6 Å². The van der Waals surface area contributed by atoms with Crippen LogP contribution in [0.25, 0.3) is 0 Å². The Kier molecular flexibility index (Phi) is 5.55. The van der Waals surface area contributed by atoms with Crippen LogP contribution >= 0.6 is 11.3 Å². The van der Waals surface area contributed by atoms with E-state index in [-0.39, 0.29) is 16.8 Å². The largest absolute Gasteiger partial charge is 0.465 e. The number of hydrogen-bond donors (Lipinski definition) is 1. The molecule has 0 spiro atoms. The number of methoxy groups -OCH3 is 1. The molecule has 0 saturated carbocycles. The van der Waals surface area contributed by atoms with Gasteiger partial charge in [-0.2, -0.15) is 0 Å². The number of nitrogens with one attached hydrogen (secondary N) is 1. The molecule has 0 unspecified atom stereocenters. The molecule has 142 valence electrons. The molecule has 1 aromatic heterocycles. The van der Waals surface area contributed by atoms with Gasteiger partial charge in [0, 0.05) is 22.1 Å². The van der Waals surface area contributed by atoms with Gasteiger partial charge in [0.2, 0.25) is 0 Å². The number of ether oxygens (including phenoxy) is 1. The third kappa shape index (κ3) is 3.71. The Hall–Kier alpha value is -2.74. The Balaban J connectivity index is 1.98. The Labute approximate surface area is 160 Å². The number of amides is 1. The molecule has 0 saturated heterocycles. The van der Waals surface area contributed by atoms with E-state index in [4.69, 9.17) is 4.74 Å². The Morgan fingerprint density at radius 3 is 2.67 bits per heavy atom. The monoisotopic (exact) mass is 388 g/mol. The zero-order chi connectivity index (χ0) is 19.6. The van der Waals surface area contributed by atoms with Gasteiger partial charge in [0.1, 0.15) is 5.00 Å². The Morgan fingerprint density at radius 1 is 1.22 bits per heavy atom. The second-order valence-corrected chi connectivity index (χ2v) is 7.53. The van der Waals surface area contributed by atoms with Gasteiger partial charge in [-0.25, -0.2) is 4.79 Å². The van der Waals surface area contributed by atoms with Crippen LogP contribution < -0.4 is 5.32 Å². The third-order valence-electron chi connectivity index (χ3n) is 4.78. The van der Waals surface area contributed by atoms with Gasteiger partial charge < -0.3 is 10.1 Å². The molecule has 0 radical (unpaired) electrons. The molecule has 0 aliphatic heterocycles. The number of hydrogen-bond acceptors (Lipinski definition) is 6. The van der Waals surface area contributed by atoms with Crippen LogP contribution in [0.3, 0.4) is 0 Å². The minimum atomic E-state index is -0.515. The van der Waals surface area contributed by atoms with Crippen molar-refractivity contribution in [3.8, 4) is 0 Å². The van der Waals surface area contributed by atoms with E-state index in [2.05, 4.69) is 5.32 Å². The summed E-state index contributed by atoms with van der Waals surface area (Å²) in [5, 5.41) is 14.3. The Morgan fingerprint density at radius 2 is 1.96 bits per heavy atom. The predicted octanol–water partition coefficient (Wildman–Crippen LogP) is 4.27. The first-order valence-corrected chi connectivity index (χ1v) is 9.54. The number of nitro groups is 1. The third-order valence-corrected chi connectivity index (χ3v) is 5.99. The number of nitro benzene ring substituents is 1. The molecule has 0 fully saturated rings. The fourth-order valence-electron chi connectivity index (χ4n) is 3.39. The highest BCUT2D eigenvalue weighted by Gasteiger charge is 2.27. The molecule has 1 aromatic carbocycles.